The molecule has 12 rings (SSSR count). The van der Waals surface area contributed by atoms with Crippen LogP contribution in [0.3, 0.4) is 0 Å². The lowest BCUT2D eigenvalue weighted by Crippen LogP contribution is -2.16. The molecule has 0 spiro atoms. The smallest absolute Gasteiger partial charge is 0.0542 e. The van der Waals surface area contributed by atoms with Crippen LogP contribution >= 0.6 is 0 Å². The van der Waals surface area contributed by atoms with Crippen molar-refractivity contribution >= 4 is 61.0 Å². The highest BCUT2D eigenvalue weighted by Crippen LogP contribution is 2.52. The van der Waals surface area contributed by atoms with Gasteiger partial charge in [0, 0.05) is 55.7 Å². The summed E-state index contributed by atoms with van der Waals surface area (Å²) in [5.74, 6) is 0. The van der Waals surface area contributed by atoms with E-state index < -0.39 is 0 Å². The fourth-order valence-corrected chi connectivity index (χ4v) is 10.6. The first-order valence-corrected chi connectivity index (χ1v) is 21.4. The Morgan fingerprint density at radius 3 is 1.61 bits per heavy atom. The largest absolute Gasteiger partial charge is 0.355 e. The van der Waals surface area contributed by atoms with Gasteiger partial charge in [-0.1, -0.05) is 137 Å². The highest BCUT2D eigenvalue weighted by Gasteiger charge is 2.37. The van der Waals surface area contributed by atoms with Crippen molar-refractivity contribution in [2.75, 3.05) is 10.2 Å². The van der Waals surface area contributed by atoms with Gasteiger partial charge in [-0.3, -0.25) is 0 Å². The van der Waals surface area contributed by atoms with Crippen LogP contribution in [0.1, 0.15) is 49.9 Å². The predicted molar refractivity (Wildman–Crippen MR) is 258 cm³/mol. The summed E-state index contributed by atoms with van der Waals surface area (Å²) in [5.41, 5.74) is 19.6. The Balaban J connectivity index is 1.03. The first-order valence-electron chi connectivity index (χ1n) is 21.4. The molecule has 9 aromatic carbocycles. The third kappa shape index (κ3) is 5.36. The Kier molecular flexibility index (Phi) is 7.62. The van der Waals surface area contributed by atoms with Gasteiger partial charge in [0.2, 0.25) is 0 Å². The number of aromatic nitrogens is 1. The van der Waals surface area contributed by atoms with E-state index in [-0.39, 0.29) is 10.8 Å². The van der Waals surface area contributed by atoms with Crippen molar-refractivity contribution in [1.82, 2.24) is 4.57 Å². The van der Waals surface area contributed by atoms with E-state index in [2.05, 4.69) is 237 Å². The minimum absolute atomic E-state index is 0.0669. The minimum Gasteiger partial charge on any atom is -0.355 e. The lowest BCUT2D eigenvalue weighted by Gasteiger charge is -2.28. The fourth-order valence-electron chi connectivity index (χ4n) is 10.6. The molecule has 1 heterocycles. The van der Waals surface area contributed by atoms with Gasteiger partial charge in [-0.25, -0.2) is 0 Å². The monoisotopic (exact) mass is 783 g/mol. The number of hydrogen-bond donors (Lipinski definition) is 1. The zero-order chi connectivity index (χ0) is 41.0. The molecular weight excluding hydrogens is 739 g/mol. The van der Waals surface area contributed by atoms with E-state index in [1.165, 1.54) is 77.1 Å². The van der Waals surface area contributed by atoms with E-state index in [0.29, 0.717) is 0 Å². The SMILES string of the molecule is CC1(C)c2ccccc2-c2ccc(Nc3ccc4c(c3)c3cc(N(c5ccc6c(c5)C(C)(C)c5ccccc5-6)c5ccc6ccccc6c5)ccc3n4-c3ccccc3)cc21. The normalized spacial score (nSPS) is 14.2. The molecule has 2 aliphatic rings. The molecule has 2 aliphatic carbocycles. The Morgan fingerprint density at radius 1 is 0.377 bits per heavy atom. The Hall–Kier alpha value is -7.36. The van der Waals surface area contributed by atoms with Crippen molar-refractivity contribution in [3.8, 4) is 27.9 Å². The van der Waals surface area contributed by atoms with Crippen LogP contribution in [0.5, 0.6) is 0 Å². The Labute approximate surface area is 357 Å². The number of rotatable bonds is 6. The number of nitrogens with zero attached hydrogens (tertiary/aromatic N) is 2. The molecule has 0 radical (unpaired) electrons. The standard InChI is InChI=1S/C58H45N3/c1-57(2)51-20-12-10-18-45(51)47-28-23-40(34-53(47)57)59-39-24-30-55-49(33-39)50-35-43(27-31-56(50)61(55)41-16-6-5-7-17-41)60(42-25-22-37-14-8-9-15-38(37)32-42)44-26-29-48-46-19-11-13-21-52(46)58(3,4)54(48)36-44/h5-36,59H,1-4H3. The lowest BCUT2D eigenvalue weighted by atomic mass is 9.82. The van der Waals surface area contributed by atoms with Crippen molar-refractivity contribution < 1.29 is 0 Å². The van der Waals surface area contributed by atoms with E-state index in [9.17, 15) is 0 Å². The van der Waals surface area contributed by atoms with Crippen LogP contribution in [0.4, 0.5) is 28.4 Å². The van der Waals surface area contributed by atoms with Crippen molar-refractivity contribution in [3.05, 3.63) is 216 Å². The molecule has 1 N–H and O–H groups in total. The molecule has 0 bridgehead atoms. The molecule has 0 atom stereocenters. The second-order valence-electron chi connectivity index (χ2n) is 17.9. The van der Waals surface area contributed by atoms with Gasteiger partial charge in [-0.05, 0) is 140 Å². The van der Waals surface area contributed by atoms with E-state index >= 15 is 0 Å². The average molecular weight is 784 g/mol. The van der Waals surface area contributed by atoms with Gasteiger partial charge in [0.25, 0.3) is 0 Å². The molecule has 0 saturated heterocycles. The van der Waals surface area contributed by atoms with Gasteiger partial charge in [-0.2, -0.15) is 0 Å². The fraction of sp³-hybridized carbons (Fsp3) is 0.103. The van der Waals surface area contributed by atoms with Crippen molar-refractivity contribution in [1.29, 1.82) is 0 Å². The number of para-hydroxylation sites is 1. The first-order chi connectivity index (χ1) is 29.7. The maximum atomic E-state index is 3.83. The molecule has 10 aromatic rings. The molecule has 61 heavy (non-hydrogen) atoms. The summed E-state index contributed by atoms with van der Waals surface area (Å²) in [5, 5.41) is 8.68. The third-order valence-corrected chi connectivity index (χ3v) is 13.7. The third-order valence-electron chi connectivity index (χ3n) is 13.7. The summed E-state index contributed by atoms with van der Waals surface area (Å²) >= 11 is 0. The van der Waals surface area contributed by atoms with Gasteiger partial charge in [-0.15, -0.1) is 0 Å². The summed E-state index contributed by atoms with van der Waals surface area (Å²) in [7, 11) is 0. The number of anilines is 5. The van der Waals surface area contributed by atoms with Crippen LogP contribution in [-0.2, 0) is 10.8 Å². The van der Waals surface area contributed by atoms with Gasteiger partial charge in [0.05, 0.1) is 11.0 Å². The maximum Gasteiger partial charge on any atom is 0.0542 e. The van der Waals surface area contributed by atoms with Crippen LogP contribution in [0.25, 0.3) is 60.5 Å². The summed E-state index contributed by atoms with van der Waals surface area (Å²) in [4.78, 5) is 2.45. The molecule has 0 saturated carbocycles. The molecule has 0 unspecified atom stereocenters. The summed E-state index contributed by atoms with van der Waals surface area (Å²) in [6, 6.07) is 71.8. The Morgan fingerprint density at radius 2 is 0.869 bits per heavy atom. The van der Waals surface area contributed by atoms with E-state index in [1.807, 2.05) is 0 Å². The van der Waals surface area contributed by atoms with Crippen LogP contribution in [0, 0.1) is 0 Å². The lowest BCUT2D eigenvalue weighted by molar-refractivity contribution is 0.660. The zero-order valence-corrected chi connectivity index (χ0v) is 34.9. The molecule has 0 aliphatic heterocycles. The Bertz CT molecular complexity index is 3400. The number of benzene rings is 9. The first kappa shape index (κ1) is 35.6. The van der Waals surface area contributed by atoms with Gasteiger partial charge in [0.15, 0.2) is 0 Å². The molecule has 1 aromatic heterocycles. The number of fused-ring (bicyclic) bond motifs is 10. The molecular formula is C58H45N3. The second kappa shape index (κ2) is 13.1. The molecule has 3 nitrogen and oxygen atoms in total. The number of nitrogens with one attached hydrogen (secondary N) is 1. The molecule has 0 fully saturated rings. The van der Waals surface area contributed by atoms with Crippen LogP contribution in [0.2, 0.25) is 0 Å². The van der Waals surface area contributed by atoms with Gasteiger partial charge in [0.1, 0.15) is 0 Å². The van der Waals surface area contributed by atoms with E-state index in [4.69, 9.17) is 0 Å². The summed E-state index contributed by atoms with van der Waals surface area (Å²) in [6.07, 6.45) is 0. The molecule has 0 amide bonds. The highest BCUT2D eigenvalue weighted by molar-refractivity contribution is 6.12. The van der Waals surface area contributed by atoms with Crippen LogP contribution in [0.15, 0.2) is 194 Å². The average Bonchev–Trinajstić information content (AvgIpc) is 3.83. The maximum absolute atomic E-state index is 3.83. The number of hydrogen-bond acceptors (Lipinski definition) is 2. The van der Waals surface area contributed by atoms with Gasteiger partial charge >= 0.3 is 0 Å². The van der Waals surface area contributed by atoms with Gasteiger partial charge < -0.3 is 14.8 Å². The predicted octanol–water partition coefficient (Wildman–Crippen LogP) is 15.8. The van der Waals surface area contributed by atoms with E-state index in [1.54, 1.807) is 0 Å². The van der Waals surface area contributed by atoms with Crippen molar-refractivity contribution in [3.63, 3.8) is 0 Å². The summed E-state index contributed by atoms with van der Waals surface area (Å²) < 4.78 is 2.41. The highest BCUT2D eigenvalue weighted by atomic mass is 15.1. The molecule has 292 valence electrons. The summed E-state index contributed by atoms with van der Waals surface area (Å²) in [6.45, 7) is 9.40. The quantitative estimate of drug-likeness (QED) is 0.181. The van der Waals surface area contributed by atoms with Crippen LogP contribution in [-0.4, -0.2) is 4.57 Å². The van der Waals surface area contributed by atoms with Crippen molar-refractivity contribution in [2.24, 2.45) is 0 Å². The minimum atomic E-state index is -0.119. The zero-order valence-electron chi connectivity index (χ0n) is 34.9. The van der Waals surface area contributed by atoms with Crippen LogP contribution < -0.4 is 10.2 Å². The molecule has 3 heteroatoms. The topological polar surface area (TPSA) is 20.2 Å². The second-order valence-corrected chi connectivity index (χ2v) is 17.9. The van der Waals surface area contributed by atoms with E-state index in [0.717, 1.165) is 34.1 Å². The van der Waals surface area contributed by atoms with Crippen molar-refractivity contribution in [2.45, 2.75) is 38.5 Å².